The molecule has 0 amide bonds. The standard InChI is InChI=1S/C31H25N3O6/c1-17-12-25(36)29(37)30(40-17)28-27(19-8-11-24(35)26(13-19)38-2)33-31(34-28)22-15-32-23-10-9-20(14-21(22)23)39-16-18-6-4-3-5-7-18/h3-15,32,35,37H,16H2,1-2H3,(H,33,34). The highest BCUT2D eigenvalue weighted by molar-refractivity contribution is 5.96. The topological polar surface area (TPSA) is 134 Å². The smallest absolute Gasteiger partial charge is 0.227 e. The minimum Gasteiger partial charge on any atom is -0.504 e. The number of aryl methyl sites for hydroxylation is 1. The van der Waals surface area contributed by atoms with Gasteiger partial charge in [-0.1, -0.05) is 30.3 Å². The van der Waals surface area contributed by atoms with Gasteiger partial charge < -0.3 is 34.1 Å². The number of hydrogen-bond donors (Lipinski definition) is 4. The van der Waals surface area contributed by atoms with E-state index >= 15 is 0 Å². The van der Waals surface area contributed by atoms with Crippen LogP contribution < -0.4 is 14.9 Å². The van der Waals surface area contributed by atoms with E-state index in [0.717, 1.165) is 22.0 Å². The second-order valence-corrected chi connectivity index (χ2v) is 9.28. The fourth-order valence-corrected chi connectivity index (χ4v) is 4.60. The Bertz CT molecular complexity index is 1900. The first-order valence-electron chi connectivity index (χ1n) is 12.5. The first kappa shape index (κ1) is 24.9. The highest BCUT2D eigenvalue weighted by atomic mass is 16.5. The third-order valence-corrected chi connectivity index (χ3v) is 6.59. The van der Waals surface area contributed by atoms with E-state index in [1.165, 1.54) is 19.2 Å². The molecule has 0 radical (unpaired) electrons. The quantitative estimate of drug-likeness (QED) is 0.193. The molecule has 0 unspecified atom stereocenters. The number of rotatable bonds is 7. The number of H-pyrrole nitrogens is 2. The number of aromatic hydroxyl groups is 2. The van der Waals surface area contributed by atoms with Crippen LogP contribution in [0, 0.1) is 6.92 Å². The molecule has 0 saturated carbocycles. The monoisotopic (exact) mass is 535 g/mol. The Hall–Kier alpha value is -5.44. The van der Waals surface area contributed by atoms with Crippen LogP contribution in [0.2, 0.25) is 0 Å². The predicted molar refractivity (Wildman–Crippen MR) is 151 cm³/mol. The first-order chi connectivity index (χ1) is 19.4. The largest absolute Gasteiger partial charge is 0.504 e. The molecule has 6 aromatic rings. The van der Waals surface area contributed by atoms with Crippen molar-refractivity contribution in [3.8, 4) is 57.1 Å². The molecule has 3 aromatic carbocycles. The summed E-state index contributed by atoms with van der Waals surface area (Å²) in [7, 11) is 1.45. The van der Waals surface area contributed by atoms with Gasteiger partial charge in [0.1, 0.15) is 35.3 Å². The zero-order valence-electron chi connectivity index (χ0n) is 21.7. The molecule has 0 fully saturated rings. The van der Waals surface area contributed by atoms with Gasteiger partial charge in [0, 0.05) is 34.3 Å². The van der Waals surface area contributed by atoms with Gasteiger partial charge in [-0.05, 0) is 48.9 Å². The van der Waals surface area contributed by atoms with E-state index in [1.54, 1.807) is 19.1 Å². The minimum atomic E-state index is -0.573. The van der Waals surface area contributed by atoms with Crippen molar-refractivity contribution in [3.05, 3.63) is 101 Å². The number of imidazole rings is 1. The van der Waals surface area contributed by atoms with Gasteiger partial charge in [-0.25, -0.2) is 4.98 Å². The molecule has 200 valence electrons. The van der Waals surface area contributed by atoms with Crippen LogP contribution in [0.1, 0.15) is 11.3 Å². The second-order valence-electron chi connectivity index (χ2n) is 9.28. The SMILES string of the molecule is COc1cc(-c2nc(-c3c[nH]c4ccc(OCc5ccccc5)cc34)[nH]c2-c2oc(C)cc(=O)c2O)ccc1O. The van der Waals surface area contributed by atoms with Gasteiger partial charge in [-0.15, -0.1) is 0 Å². The van der Waals surface area contributed by atoms with Crippen LogP contribution in [0.25, 0.3) is 45.0 Å². The lowest BCUT2D eigenvalue weighted by Crippen LogP contribution is -2.01. The van der Waals surface area contributed by atoms with Crippen molar-refractivity contribution >= 4 is 10.9 Å². The fraction of sp³-hybridized carbons (Fsp3) is 0.0968. The number of nitrogens with zero attached hydrogens (tertiary/aromatic N) is 1. The van der Waals surface area contributed by atoms with Crippen LogP contribution >= 0.6 is 0 Å². The van der Waals surface area contributed by atoms with E-state index < -0.39 is 11.2 Å². The summed E-state index contributed by atoms with van der Waals surface area (Å²) >= 11 is 0. The molecular weight excluding hydrogens is 510 g/mol. The van der Waals surface area contributed by atoms with E-state index in [1.807, 2.05) is 54.7 Å². The van der Waals surface area contributed by atoms with Crippen molar-refractivity contribution in [2.24, 2.45) is 0 Å². The summed E-state index contributed by atoms with van der Waals surface area (Å²) in [6.45, 7) is 2.05. The van der Waals surface area contributed by atoms with Gasteiger partial charge in [-0.3, -0.25) is 4.79 Å². The molecule has 40 heavy (non-hydrogen) atoms. The minimum absolute atomic E-state index is 0.0341. The Labute approximate surface area is 228 Å². The molecule has 0 aliphatic rings. The predicted octanol–water partition coefficient (Wildman–Crippen LogP) is 6.15. The summed E-state index contributed by atoms with van der Waals surface area (Å²) in [5.74, 6) is 1.11. The number of aromatic amines is 2. The zero-order valence-corrected chi connectivity index (χ0v) is 21.7. The summed E-state index contributed by atoms with van der Waals surface area (Å²) in [6, 6.07) is 21.7. The van der Waals surface area contributed by atoms with Crippen LogP contribution in [0.5, 0.6) is 23.0 Å². The number of fused-ring (bicyclic) bond motifs is 1. The molecule has 9 nitrogen and oxygen atoms in total. The third kappa shape index (κ3) is 4.54. The van der Waals surface area contributed by atoms with Crippen LogP contribution in [0.15, 0.2) is 88.2 Å². The van der Waals surface area contributed by atoms with Crippen LogP contribution in [0.3, 0.4) is 0 Å². The molecule has 9 heteroatoms. The lowest BCUT2D eigenvalue weighted by Gasteiger charge is -2.08. The van der Waals surface area contributed by atoms with Crippen molar-refractivity contribution in [2.75, 3.05) is 7.11 Å². The summed E-state index contributed by atoms with van der Waals surface area (Å²) in [5.41, 5.74) is 3.36. The molecule has 0 saturated heterocycles. The lowest BCUT2D eigenvalue weighted by molar-refractivity contribution is 0.306. The van der Waals surface area contributed by atoms with Gasteiger partial charge in [-0.2, -0.15) is 0 Å². The Kier molecular flexibility index (Phi) is 6.24. The average Bonchev–Trinajstić information content (AvgIpc) is 3.59. The average molecular weight is 536 g/mol. The number of aromatic nitrogens is 3. The molecule has 3 heterocycles. The number of nitrogens with one attached hydrogen (secondary N) is 2. The Morgan fingerprint density at radius 3 is 2.62 bits per heavy atom. The maximum Gasteiger partial charge on any atom is 0.227 e. The normalized spacial score (nSPS) is 11.2. The Morgan fingerprint density at radius 1 is 1.00 bits per heavy atom. The molecular formula is C31H25N3O6. The van der Waals surface area contributed by atoms with Crippen molar-refractivity contribution in [1.82, 2.24) is 15.0 Å². The van der Waals surface area contributed by atoms with E-state index in [-0.39, 0.29) is 17.3 Å². The van der Waals surface area contributed by atoms with Crippen LogP contribution in [0.4, 0.5) is 0 Å². The van der Waals surface area contributed by atoms with E-state index in [4.69, 9.17) is 18.9 Å². The summed E-state index contributed by atoms with van der Waals surface area (Å²) in [4.78, 5) is 23.8. The van der Waals surface area contributed by atoms with Crippen molar-refractivity contribution in [2.45, 2.75) is 13.5 Å². The maximum atomic E-state index is 12.4. The summed E-state index contributed by atoms with van der Waals surface area (Å²) in [6.07, 6.45) is 1.82. The summed E-state index contributed by atoms with van der Waals surface area (Å²) in [5, 5.41) is 21.6. The van der Waals surface area contributed by atoms with Crippen LogP contribution in [-0.2, 0) is 6.61 Å². The van der Waals surface area contributed by atoms with Gasteiger partial charge in [0.25, 0.3) is 0 Å². The van der Waals surface area contributed by atoms with E-state index in [0.29, 0.717) is 40.9 Å². The van der Waals surface area contributed by atoms with E-state index in [2.05, 4.69) is 9.97 Å². The van der Waals surface area contributed by atoms with E-state index in [9.17, 15) is 15.0 Å². The number of hydrogen-bond acceptors (Lipinski definition) is 7. The van der Waals surface area contributed by atoms with Gasteiger partial charge in [0.15, 0.2) is 17.3 Å². The number of methoxy groups -OCH3 is 1. The highest BCUT2D eigenvalue weighted by Gasteiger charge is 2.24. The molecule has 0 spiro atoms. The summed E-state index contributed by atoms with van der Waals surface area (Å²) < 4.78 is 17.1. The number of phenolic OH excluding ortho intramolecular Hbond substituents is 1. The maximum absolute atomic E-state index is 12.4. The first-order valence-corrected chi connectivity index (χ1v) is 12.5. The molecule has 0 aliphatic heterocycles. The fourth-order valence-electron chi connectivity index (χ4n) is 4.60. The molecule has 0 bridgehead atoms. The van der Waals surface area contributed by atoms with Crippen molar-refractivity contribution in [1.29, 1.82) is 0 Å². The highest BCUT2D eigenvalue weighted by Crippen LogP contribution is 2.40. The van der Waals surface area contributed by atoms with Gasteiger partial charge in [0.2, 0.25) is 11.2 Å². The van der Waals surface area contributed by atoms with Gasteiger partial charge in [0.05, 0.1) is 7.11 Å². The van der Waals surface area contributed by atoms with Crippen LogP contribution in [-0.4, -0.2) is 32.3 Å². The number of phenols is 1. The molecule has 6 rings (SSSR count). The van der Waals surface area contributed by atoms with Crippen molar-refractivity contribution < 1.29 is 24.1 Å². The molecule has 3 aromatic heterocycles. The lowest BCUT2D eigenvalue weighted by atomic mass is 10.1. The second kappa shape index (κ2) is 10.0. The Balaban J connectivity index is 1.48. The molecule has 0 atom stereocenters. The van der Waals surface area contributed by atoms with Gasteiger partial charge >= 0.3 is 0 Å². The Morgan fingerprint density at radius 2 is 1.82 bits per heavy atom. The number of ether oxygens (including phenoxy) is 2. The van der Waals surface area contributed by atoms with Crippen molar-refractivity contribution in [3.63, 3.8) is 0 Å². The number of benzene rings is 3. The zero-order chi connectivity index (χ0) is 27.8. The molecule has 4 N–H and O–H groups in total. The third-order valence-electron chi connectivity index (χ3n) is 6.59. The molecule has 0 aliphatic carbocycles.